The molecule has 6 aliphatic rings. The predicted octanol–water partition coefficient (Wildman–Crippen LogP) is 2.96. The minimum Gasteiger partial charge on any atom is -0.462 e. The molecule has 0 amide bonds. The normalized spacial score (nSPS) is 46.8. The Morgan fingerprint density at radius 1 is 1.02 bits per heavy atom. The van der Waals surface area contributed by atoms with Crippen molar-refractivity contribution in [3.05, 3.63) is 42.0 Å². The topological polar surface area (TPSA) is 113 Å². The highest BCUT2D eigenvalue weighted by atomic mass is 16.6. The number of aliphatic hydroxyl groups is 1. The molecule has 1 aromatic rings. The summed E-state index contributed by atoms with van der Waals surface area (Å²) in [7, 11) is 6.88. The van der Waals surface area contributed by atoms with Gasteiger partial charge in [-0.3, -0.25) is 9.69 Å². The monoisotopic (exact) mass is 639 g/mol. The van der Waals surface area contributed by atoms with Crippen molar-refractivity contribution in [3.8, 4) is 0 Å². The zero-order valence-corrected chi connectivity index (χ0v) is 27.8. The van der Waals surface area contributed by atoms with Gasteiger partial charge < -0.3 is 33.5 Å². The van der Waals surface area contributed by atoms with E-state index in [1.807, 2.05) is 30.3 Å². The number of rotatable bonds is 10. The van der Waals surface area contributed by atoms with Gasteiger partial charge in [-0.05, 0) is 30.5 Å². The number of carbonyl (C=O) groups is 2. The largest absolute Gasteiger partial charge is 0.462 e. The van der Waals surface area contributed by atoms with Crippen LogP contribution in [0.15, 0.2) is 36.4 Å². The minimum absolute atomic E-state index is 0.0534. The number of piperidine rings is 1. The van der Waals surface area contributed by atoms with Gasteiger partial charge in [-0.2, -0.15) is 0 Å². The summed E-state index contributed by atoms with van der Waals surface area (Å²) < 4.78 is 38.4. The van der Waals surface area contributed by atoms with Crippen LogP contribution in [0.25, 0.3) is 6.08 Å². The zero-order valence-electron chi connectivity index (χ0n) is 27.8. The Morgan fingerprint density at radius 2 is 1.78 bits per heavy atom. The summed E-state index contributed by atoms with van der Waals surface area (Å²) in [4.78, 5) is 29.3. The van der Waals surface area contributed by atoms with Crippen LogP contribution in [0.2, 0.25) is 0 Å². The fourth-order valence-corrected chi connectivity index (χ4v) is 12.3. The van der Waals surface area contributed by atoms with Gasteiger partial charge in [0.05, 0.1) is 31.0 Å². The average Bonchev–Trinajstić information content (AvgIpc) is 3.46. The lowest BCUT2D eigenvalue weighted by Crippen LogP contribution is -2.79. The van der Waals surface area contributed by atoms with Crippen molar-refractivity contribution in [2.45, 2.75) is 75.3 Å². The number of carbonyl (C=O) groups excluding carboxylic acids is 2. The molecule has 1 aromatic carbocycles. The van der Waals surface area contributed by atoms with Crippen molar-refractivity contribution >= 4 is 18.0 Å². The molecule has 7 bridgehead atoms. The van der Waals surface area contributed by atoms with Crippen LogP contribution in [0.4, 0.5) is 0 Å². The minimum atomic E-state index is -1.07. The van der Waals surface area contributed by atoms with Crippen molar-refractivity contribution in [1.29, 1.82) is 0 Å². The summed E-state index contributed by atoms with van der Waals surface area (Å²) in [6.45, 7) is 5.35. The van der Waals surface area contributed by atoms with Gasteiger partial charge in [-0.15, -0.1) is 0 Å². The molecule has 46 heavy (non-hydrogen) atoms. The standard InChI is InChI=1S/C36H49NO9/c1-7-37-18-34(19-41-3)25(39)16-26(43-5)36-23-15-22-24(42-4)17-35(28(23)30(22)45-20(2)38,29(33(36)37)31(44-6)32(34)36)46-27(40)14-13-21-11-9-8-10-12-21/h8-14,22-26,28-33,39H,7,15-19H2,1-6H3/b14-13+/t22-,23?,24+,25?,26?,28?,29+,30+,31?,32-,33-,34+,35-,36+/m1/s1. The van der Waals surface area contributed by atoms with Crippen LogP contribution < -0.4 is 0 Å². The van der Waals surface area contributed by atoms with E-state index in [2.05, 4.69) is 11.8 Å². The maximum atomic E-state index is 14.1. The van der Waals surface area contributed by atoms with Gasteiger partial charge in [-0.25, -0.2) is 4.79 Å². The number of fused-ring (bicyclic) bond motifs is 2. The summed E-state index contributed by atoms with van der Waals surface area (Å²) in [5.41, 5.74) is -1.27. The van der Waals surface area contributed by atoms with Gasteiger partial charge in [0, 0.05) is 101 Å². The van der Waals surface area contributed by atoms with Crippen molar-refractivity contribution in [3.63, 3.8) is 0 Å². The molecule has 14 atom stereocenters. The van der Waals surface area contributed by atoms with Crippen LogP contribution in [-0.2, 0) is 38.0 Å². The third-order valence-corrected chi connectivity index (χ3v) is 13.2. The van der Waals surface area contributed by atoms with Crippen LogP contribution in [0, 0.1) is 40.4 Å². The molecule has 7 rings (SSSR count). The first-order valence-electron chi connectivity index (χ1n) is 16.8. The summed E-state index contributed by atoms with van der Waals surface area (Å²) in [6, 6.07) is 9.61. The fraction of sp³-hybridized carbons (Fsp3) is 0.722. The van der Waals surface area contributed by atoms with E-state index in [1.165, 1.54) is 13.0 Å². The molecule has 252 valence electrons. The maximum Gasteiger partial charge on any atom is 0.331 e. The molecule has 6 fully saturated rings. The molecule has 0 radical (unpaired) electrons. The van der Waals surface area contributed by atoms with E-state index in [0.29, 0.717) is 26.0 Å². The second kappa shape index (κ2) is 11.7. The van der Waals surface area contributed by atoms with Crippen LogP contribution in [-0.4, -0.2) is 112 Å². The van der Waals surface area contributed by atoms with Crippen LogP contribution >= 0.6 is 0 Å². The van der Waals surface area contributed by atoms with Gasteiger partial charge in [-0.1, -0.05) is 37.3 Å². The first kappa shape index (κ1) is 32.2. The van der Waals surface area contributed by atoms with Gasteiger partial charge in [0.1, 0.15) is 11.7 Å². The third-order valence-electron chi connectivity index (χ3n) is 13.2. The highest BCUT2D eigenvalue weighted by molar-refractivity contribution is 5.87. The lowest BCUT2D eigenvalue weighted by molar-refractivity contribution is -0.297. The smallest absolute Gasteiger partial charge is 0.331 e. The number of benzene rings is 1. The molecule has 1 heterocycles. The van der Waals surface area contributed by atoms with Gasteiger partial charge in [0.15, 0.2) is 0 Å². The maximum absolute atomic E-state index is 14.1. The second-order valence-corrected chi connectivity index (χ2v) is 14.6. The van der Waals surface area contributed by atoms with E-state index in [4.69, 9.17) is 28.4 Å². The number of ether oxygens (including phenoxy) is 6. The van der Waals surface area contributed by atoms with E-state index in [9.17, 15) is 14.7 Å². The number of nitrogens with zero attached hydrogens (tertiary/aromatic N) is 1. The molecule has 10 nitrogen and oxygen atoms in total. The first-order chi connectivity index (χ1) is 22.2. The summed E-state index contributed by atoms with van der Waals surface area (Å²) in [5.74, 6) is -1.66. The Labute approximate surface area is 271 Å². The van der Waals surface area contributed by atoms with E-state index >= 15 is 0 Å². The lowest BCUT2D eigenvalue weighted by atomic mass is 9.42. The van der Waals surface area contributed by atoms with Crippen molar-refractivity contribution in [2.24, 2.45) is 40.4 Å². The number of hydrogen-bond acceptors (Lipinski definition) is 10. The molecule has 1 spiro atoms. The van der Waals surface area contributed by atoms with E-state index in [1.54, 1.807) is 34.5 Å². The Morgan fingerprint density at radius 3 is 2.41 bits per heavy atom. The molecule has 5 aliphatic carbocycles. The number of methoxy groups -OCH3 is 4. The average molecular weight is 640 g/mol. The zero-order chi connectivity index (χ0) is 32.6. The molecular formula is C36H49NO9. The van der Waals surface area contributed by atoms with Crippen LogP contribution in [0.1, 0.15) is 38.7 Å². The Bertz CT molecular complexity index is 1360. The number of hydrogen-bond donors (Lipinski definition) is 1. The summed E-state index contributed by atoms with van der Waals surface area (Å²) in [6.07, 6.45) is 2.81. The molecule has 1 saturated heterocycles. The SMILES string of the molecule is CCN1C[C@]2(COC)C(O)CC(OC)[C@@]34C5C[C@@H]6[C@@H](OC)C[C@@](OC(=O)/C=C/c7ccccc7)(C5[C@H]6OC(C)=O)[C@@H](C(OC)[C@H]23)[C@@H]14. The molecule has 10 heteroatoms. The quantitative estimate of drug-likeness (QED) is 0.303. The molecule has 5 unspecified atom stereocenters. The van der Waals surface area contributed by atoms with Crippen molar-refractivity contribution < 1.29 is 43.1 Å². The summed E-state index contributed by atoms with van der Waals surface area (Å²) >= 11 is 0. The Hall–Kier alpha value is -2.34. The van der Waals surface area contributed by atoms with Crippen molar-refractivity contribution in [2.75, 3.05) is 48.1 Å². The van der Waals surface area contributed by atoms with Gasteiger partial charge in [0.2, 0.25) is 0 Å². The Balaban J connectivity index is 1.46. The van der Waals surface area contributed by atoms with E-state index in [-0.39, 0.29) is 59.9 Å². The molecular weight excluding hydrogens is 590 g/mol. The highest BCUT2D eigenvalue weighted by Crippen LogP contribution is 2.80. The van der Waals surface area contributed by atoms with E-state index < -0.39 is 34.6 Å². The van der Waals surface area contributed by atoms with E-state index in [0.717, 1.165) is 18.5 Å². The lowest BCUT2D eigenvalue weighted by Gasteiger charge is -2.70. The predicted molar refractivity (Wildman–Crippen MR) is 167 cm³/mol. The number of likely N-dealkylation sites (tertiary alicyclic amines) is 1. The van der Waals surface area contributed by atoms with Crippen LogP contribution in [0.5, 0.6) is 0 Å². The fourth-order valence-electron chi connectivity index (χ4n) is 12.3. The molecule has 5 saturated carbocycles. The number of aliphatic hydroxyl groups excluding tert-OH is 1. The molecule has 1 N–H and O–H groups in total. The Kier molecular flexibility index (Phi) is 8.17. The highest BCUT2D eigenvalue weighted by Gasteiger charge is 2.89. The van der Waals surface area contributed by atoms with Gasteiger partial charge >= 0.3 is 11.9 Å². The number of esters is 2. The summed E-state index contributed by atoms with van der Waals surface area (Å²) in [5, 5.41) is 12.1. The molecule has 0 aromatic heterocycles. The molecule has 1 aliphatic heterocycles. The third kappa shape index (κ3) is 4.10. The van der Waals surface area contributed by atoms with Crippen LogP contribution in [0.3, 0.4) is 0 Å². The second-order valence-electron chi connectivity index (χ2n) is 14.6. The van der Waals surface area contributed by atoms with Gasteiger partial charge in [0.25, 0.3) is 0 Å². The first-order valence-corrected chi connectivity index (χ1v) is 16.8. The van der Waals surface area contributed by atoms with Crippen molar-refractivity contribution in [1.82, 2.24) is 4.90 Å².